The maximum Gasteiger partial charge on any atom is 0.275 e. The zero-order valence-corrected chi connectivity index (χ0v) is 21.8. The Bertz CT molecular complexity index is 626. The van der Waals surface area contributed by atoms with Crippen molar-refractivity contribution >= 4 is 11.8 Å². The molecule has 7 heteroatoms. The number of carbonyl (C=O) groups is 2. The number of benzene rings is 1. The van der Waals surface area contributed by atoms with E-state index in [1.807, 2.05) is 44.4 Å². The summed E-state index contributed by atoms with van der Waals surface area (Å²) in [6.07, 6.45) is 13.0. The molecule has 0 saturated carbocycles. The van der Waals surface area contributed by atoms with Gasteiger partial charge in [0.1, 0.15) is 5.75 Å². The number of likely N-dealkylation sites (N-methyl/N-ethyl adjacent to an activating group) is 1. The molecule has 6 nitrogen and oxygen atoms in total. The van der Waals surface area contributed by atoms with Crippen molar-refractivity contribution in [3.05, 3.63) is 30.3 Å². The molecule has 0 atom stereocenters. The smallest absolute Gasteiger partial charge is 0.275 e. The van der Waals surface area contributed by atoms with E-state index in [0.29, 0.717) is 29.9 Å². The predicted molar refractivity (Wildman–Crippen MR) is 132 cm³/mol. The second-order valence-electron chi connectivity index (χ2n) is 9.30. The fourth-order valence-electron chi connectivity index (χ4n) is 3.58. The number of quaternary nitrogens is 1. The van der Waals surface area contributed by atoms with Crippen LogP contribution in [0.3, 0.4) is 0 Å². The Morgan fingerprint density at radius 3 is 1.94 bits per heavy atom. The lowest BCUT2D eigenvalue weighted by molar-refractivity contribution is -0.881. The van der Waals surface area contributed by atoms with Crippen LogP contribution in [0.15, 0.2) is 30.3 Å². The van der Waals surface area contributed by atoms with Crippen LogP contribution >= 0.6 is 0 Å². The Morgan fingerprint density at radius 2 is 1.33 bits per heavy atom. The fourth-order valence-corrected chi connectivity index (χ4v) is 3.58. The van der Waals surface area contributed by atoms with Gasteiger partial charge >= 0.3 is 0 Å². The number of para-hydroxylation sites is 1. The molecule has 0 aliphatic carbocycles. The zero-order chi connectivity index (χ0) is 23.5. The van der Waals surface area contributed by atoms with E-state index >= 15 is 0 Å². The van der Waals surface area contributed by atoms with Crippen LogP contribution in [0, 0.1) is 0 Å². The first-order valence-electron chi connectivity index (χ1n) is 12.5. The molecule has 0 saturated heterocycles. The minimum absolute atomic E-state index is 0. The van der Waals surface area contributed by atoms with Crippen molar-refractivity contribution in [1.29, 1.82) is 0 Å². The molecular weight excluding hydrogens is 438 g/mol. The Hall–Kier alpha value is -1.79. The maximum absolute atomic E-state index is 12.2. The molecule has 0 spiro atoms. The van der Waals surface area contributed by atoms with Crippen LogP contribution in [0.25, 0.3) is 0 Å². The lowest BCUT2D eigenvalue weighted by Crippen LogP contribution is -3.00. The highest BCUT2D eigenvalue weighted by Gasteiger charge is 2.19. The standard InChI is InChI=1S/C26H45N3O3.ClH/c1-4-5-6-7-8-9-10-11-12-16-19-27-25(30)22-29(2,3)21-20-28-26(31)23-32-24-17-14-13-15-18-24;/h13-15,17-18H,4-12,16,19-23H2,1-3H3,(H-,27,28,30,31);1H. The van der Waals surface area contributed by atoms with Crippen molar-refractivity contribution in [2.45, 2.75) is 71.1 Å². The molecule has 0 fully saturated rings. The Labute approximate surface area is 207 Å². The normalized spacial score (nSPS) is 10.9. The lowest BCUT2D eigenvalue weighted by Gasteiger charge is -2.29. The van der Waals surface area contributed by atoms with Crippen molar-refractivity contribution in [2.75, 3.05) is 46.9 Å². The Balaban J connectivity index is 0.0000102. The summed E-state index contributed by atoms with van der Waals surface area (Å²) in [4.78, 5) is 24.2. The van der Waals surface area contributed by atoms with Crippen molar-refractivity contribution in [3.63, 3.8) is 0 Å². The Morgan fingerprint density at radius 1 is 0.788 bits per heavy atom. The number of hydrogen-bond donors (Lipinski definition) is 2. The average molecular weight is 484 g/mol. The first-order chi connectivity index (χ1) is 15.4. The Kier molecular flexibility index (Phi) is 18.6. The summed E-state index contributed by atoms with van der Waals surface area (Å²) in [6.45, 7) is 4.61. The molecule has 0 unspecified atom stereocenters. The van der Waals surface area contributed by atoms with Crippen molar-refractivity contribution in [1.82, 2.24) is 10.6 Å². The molecule has 33 heavy (non-hydrogen) atoms. The van der Waals surface area contributed by atoms with Gasteiger partial charge in [-0.1, -0.05) is 82.9 Å². The number of rotatable bonds is 19. The van der Waals surface area contributed by atoms with Gasteiger partial charge in [-0.15, -0.1) is 0 Å². The molecule has 2 N–H and O–H groups in total. The van der Waals surface area contributed by atoms with E-state index < -0.39 is 0 Å². The van der Waals surface area contributed by atoms with E-state index in [0.717, 1.165) is 13.0 Å². The van der Waals surface area contributed by atoms with E-state index in [4.69, 9.17) is 4.74 Å². The molecular formula is C26H46ClN3O3. The summed E-state index contributed by atoms with van der Waals surface area (Å²) >= 11 is 0. The van der Waals surface area contributed by atoms with E-state index in [2.05, 4.69) is 17.6 Å². The highest BCUT2D eigenvalue weighted by atomic mass is 35.5. The molecule has 190 valence electrons. The SMILES string of the molecule is CCCCCCCCCCCCNC(=O)C[N+](C)(C)CCNC(=O)COc1ccccc1.[Cl-]. The van der Waals surface area contributed by atoms with Crippen LogP contribution in [0.5, 0.6) is 5.75 Å². The number of hydrogen-bond acceptors (Lipinski definition) is 3. The van der Waals surface area contributed by atoms with Gasteiger partial charge in [-0.25, -0.2) is 0 Å². The summed E-state index contributed by atoms with van der Waals surface area (Å²) in [6, 6.07) is 9.28. The van der Waals surface area contributed by atoms with Gasteiger partial charge in [0.25, 0.3) is 11.8 Å². The number of unbranched alkanes of at least 4 members (excludes halogenated alkanes) is 9. The quantitative estimate of drug-likeness (QED) is 0.230. The third kappa shape index (κ3) is 18.3. The molecule has 0 aromatic heterocycles. The molecule has 0 bridgehead atoms. The summed E-state index contributed by atoms with van der Waals surface area (Å²) in [5.41, 5.74) is 0. The first kappa shape index (κ1) is 31.2. The van der Waals surface area contributed by atoms with Crippen LogP contribution in [-0.2, 0) is 9.59 Å². The number of amides is 2. The van der Waals surface area contributed by atoms with Gasteiger partial charge in [0.15, 0.2) is 13.2 Å². The topological polar surface area (TPSA) is 67.4 Å². The number of halogens is 1. The molecule has 1 aromatic carbocycles. The minimum atomic E-state index is -0.153. The largest absolute Gasteiger partial charge is 1.00 e. The van der Waals surface area contributed by atoms with E-state index in [-0.39, 0.29) is 30.8 Å². The summed E-state index contributed by atoms with van der Waals surface area (Å²) in [7, 11) is 4.01. The molecule has 0 aliphatic rings. The third-order valence-corrected chi connectivity index (χ3v) is 5.58. The molecule has 1 aromatic rings. The van der Waals surface area contributed by atoms with Gasteiger partial charge in [-0.05, 0) is 18.6 Å². The first-order valence-corrected chi connectivity index (χ1v) is 12.5. The maximum atomic E-state index is 12.2. The van der Waals surface area contributed by atoms with E-state index in [1.54, 1.807) is 0 Å². The van der Waals surface area contributed by atoms with Crippen molar-refractivity contribution < 1.29 is 31.2 Å². The molecule has 0 aliphatic heterocycles. The molecule has 0 heterocycles. The summed E-state index contributed by atoms with van der Waals surface area (Å²) < 4.78 is 5.97. The third-order valence-electron chi connectivity index (χ3n) is 5.58. The number of ether oxygens (including phenoxy) is 1. The van der Waals surface area contributed by atoms with Crippen LogP contribution in [0.2, 0.25) is 0 Å². The van der Waals surface area contributed by atoms with E-state index in [1.165, 1.54) is 57.8 Å². The van der Waals surface area contributed by atoms with Gasteiger partial charge in [0.2, 0.25) is 0 Å². The number of carbonyl (C=O) groups excluding carboxylic acids is 2. The second kappa shape index (κ2) is 19.7. The van der Waals surface area contributed by atoms with Gasteiger partial charge in [-0.2, -0.15) is 0 Å². The van der Waals surface area contributed by atoms with Gasteiger partial charge in [-0.3, -0.25) is 9.59 Å². The van der Waals surface area contributed by atoms with Crippen molar-refractivity contribution in [3.8, 4) is 5.75 Å². The van der Waals surface area contributed by atoms with Gasteiger partial charge in [0, 0.05) is 6.54 Å². The average Bonchev–Trinajstić information content (AvgIpc) is 2.76. The molecule has 0 radical (unpaired) electrons. The highest BCUT2D eigenvalue weighted by molar-refractivity contribution is 5.77. The van der Waals surface area contributed by atoms with Crippen LogP contribution in [0.4, 0.5) is 0 Å². The van der Waals surface area contributed by atoms with Gasteiger partial charge < -0.3 is 32.3 Å². The van der Waals surface area contributed by atoms with Gasteiger partial charge in [0.05, 0.1) is 27.2 Å². The monoisotopic (exact) mass is 483 g/mol. The van der Waals surface area contributed by atoms with Crippen LogP contribution < -0.4 is 27.8 Å². The molecule has 1 rings (SSSR count). The minimum Gasteiger partial charge on any atom is -1.00 e. The summed E-state index contributed by atoms with van der Waals surface area (Å²) in [5.74, 6) is 0.599. The predicted octanol–water partition coefficient (Wildman–Crippen LogP) is 1.30. The second-order valence-corrected chi connectivity index (χ2v) is 9.30. The van der Waals surface area contributed by atoms with Crippen molar-refractivity contribution in [2.24, 2.45) is 0 Å². The zero-order valence-electron chi connectivity index (χ0n) is 21.0. The van der Waals surface area contributed by atoms with E-state index in [9.17, 15) is 9.59 Å². The number of nitrogens with zero attached hydrogens (tertiary/aromatic N) is 1. The highest BCUT2D eigenvalue weighted by Crippen LogP contribution is 2.10. The van der Waals surface area contributed by atoms with Crippen LogP contribution in [0.1, 0.15) is 71.1 Å². The summed E-state index contributed by atoms with van der Waals surface area (Å²) in [5, 5.41) is 5.90. The lowest BCUT2D eigenvalue weighted by atomic mass is 10.1. The fraction of sp³-hybridized carbons (Fsp3) is 0.692. The number of nitrogens with one attached hydrogen (secondary N) is 2. The molecule has 2 amide bonds. The van der Waals surface area contributed by atoms with Crippen LogP contribution in [-0.4, -0.2) is 63.2 Å².